The lowest BCUT2D eigenvalue weighted by Gasteiger charge is -2.25. The minimum Gasteiger partial charge on any atom is -0.480 e. The largest absolute Gasteiger partial charge is 0.480 e. The third kappa shape index (κ3) is 5.30. The first-order valence-electron chi connectivity index (χ1n) is 5.98. The summed E-state index contributed by atoms with van der Waals surface area (Å²) in [6, 6.07) is 4.23. The van der Waals surface area contributed by atoms with Crippen LogP contribution in [0.3, 0.4) is 0 Å². The molecule has 20 heavy (non-hydrogen) atoms. The molecule has 1 N–H and O–H groups in total. The Morgan fingerprint density at radius 2 is 2.10 bits per heavy atom. The van der Waals surface area contributed by atoms with Gasteiger partial charge in [0.1, 0.15) is 5.75 Å². The summed E-state index contributed by atoms with van der Waals surface area (Å²) < 4.78 is 29.1. The Hall–Kier alpha value is -1.40. The third-order valence-electron chi connectivity index (χ3n) is 2.68. The zero-order valence-electron chi connectivity index (χ0n) is 11.1. The fourth-order valence-corrected chi connectivity index (χ4v) is 1.89. The quantitative estimate of drug-likeness (QED) is 0.840. The predicted octanol–water partition coefficient (Wildman–Crippen LogP) is 3.24. The van der Waals surface area contributed by atoms with Gasteiger partial charge in [0.15, 0.2) is 0 Å². The number of carboxylic acids is 1. The van der Waals surface area contributed by atoms with Crippen LogP contribution in [0.2, 0.25) is 5.02 Å². The van der Waals surface area contributed by atoms with Crippen LogP contribution in [0.15, 0.2) is 18.2 Å². The number of rotatable bonds is 7. The van der Waals surface area contributed by atoms with E-state index in [-0.39, 0.29) is 24.9 Å². The van der Waals surface area contributed by atoms with E-state index in [0.29, 0.717) is 10.6 Å². The summed E-state index contributed by atoms with van der Waals surface area (Å²) in [7, 11) is 0. The number of benzene rings is 1. The smallest absolute Gasteiger partial charge is 0.387 e. The first-order chi connectivity index (χ1) is 9.29. The Morgan fingerprint density at radius 3 is 2.60 bits per heavy atom. The van der Waals surface area contributed by atoms with Crippen molar-refractivity contribution >= 4 is 17.6 Å². The predicted molar refractivity (Wildman–Crippen MR) is 71.3 cm³/mol. The lowest BCUT2D eigenvalue weighted by atomic mass is 10.1. The third-order valence-corrected chi connectivity index (χ3v) is 2.92. The highest BCUT2D eigenvalue weighted by atomic mass is 35.5. The fraction of sp³-hybridized carbons (Fsp3) is 0.462. The molecule has 0 aliphatic heterocycles. The normalized spacial score (nSPS) is 11.4. The summed E-state index contributed by atoms with van der Waals surface area (Å²) in [4.78, 5) is 12.4. The maximum Gasteiger partial charge on any atom is 0.387 e. The molecule has 112 valence electrons. The van der Waals surface area contributed by atoms with Gasteiger partial charge in [0.2, 0.25) is 0 Å². The van der Waals surface area contributed by atoms with Crippen LogP contribution >= 0.6 is 11.6 Å². The molecule has 0 fully saturated rings. The molecule has 7 heteroatoms. The summed E-state index contributed by atoms with van der Waals surface area (Å²) in [5.41, 5.74) is 0.424. The number of ether oxygens (including phenoxy) is 1. The Balaban J connectivity index is 2.97. The van der Waals surface area contributed by atoms with Crippen molar-refractivity contribution in [1.29, 1.82) is 0 Å². The van der Waals surface area contributed by atoms with Crippen molar-refractivity contribution in [3.63, 3.8) is 0 Å². The molecule has 0 aliphatic rings. The minimum absolute atomic E-state index is 0.000406. The summed E-state index contributed by atoms with van der Waals surface area (Å²) >= 11 is 5.84. The molecule has 0 bridgehead atoms. The van der Waals surface area contributed by atoms with E-state index in [9.17, 15) is 13.6 Å². The number of nitrogens with zero attached hydrogens (tertiary/aromatic N) is 1. The number of carbonyl (C=O) groups is 1. The lowest BCUT2D eigenvalue weighted by molar-refractivity contribution is -0.139. The van der Waals surface area contributed by atoms with Crippen LogP contribution in [0, 0.1) is 0 Å². The number of carboxylic acid groups (broad SMARTS) is 1. The van der Waals surface area contributed by atoms with E-state index in [1.54, 1.807) is 4.90 Å². The summed E-state index contributed by atoms with van der Waals surface area (Å²) in [6.07, 6.45) is 0. The zero-order valence-corrected chi connectivity index (χ0v) is 11.9. The van der Waals surface area contributed by atoms with Crippen molar-refractivity contribution in [3.05, 3.63) is 28.8 Å². The van der Waals surface area contributed by atoms with Crippen LogP contribution in [0.4, 0.5) is 8.78 Å². The second-order valence-corrected chi connectivity index (χ2v) is 4.96. The standard InChI is InChI=1S/C13H16ClF2NO3/c1-8(2)17(7-12(18)19)6-9-5-10(14)3-4-11(9)20-13(15)16/h3-5,8,13H,6-7H2,1-2H3,(H,18,19). The van der Waals surface area contributed by atoms with Crippen molar-refractivity contribution in [1.82, 2.24) is 4.90 Å². The molecular formula is C13H16ClF2NO3. The molecule has 0 heterocycles. The van der Waals surface area contributed by atoms with Crippen LogP contribution in [-0.4, -0.2) is 35.2 Å². The van der Waals surface area contributed by atoms with Crippen LogP contribution in [0.25, 0.3) is 0 Å². The molecule has 1 rings (SSSR count). The van der Waals surface area contributed by atoms with Gasteiger partial charge in [0.25, 0.3) is 0 Å². The molecular weight excluding hydrogens is 292 g/mol. The monoisotopic (exact) mass is 307 g/mol. The van der Waals surface area contributed by atoms with Crippen molar-refractivity contribution in [2.24, 2.45) is 0 Å². The Bertz CT molecular complexity index is 469. The number of hydrogen-bond donors (Lipinski definition) is 1. The van der Waals surface area contributed by atoms with Gasteiger partial charge in [-0.05, 0) is 32.0 Å². The van der Waals surface area contributed by atoms with Gasteiger partial charge >= 0.3 is 12.6 Å². The van der Waals surface area contributed by atoms with E-state index >= 15 is 0 Å². The van der Waals surface area contributed by atoms with Crippen LogP contribution in [0.5, 0.6) is 5.75 Å². The first-order valence-corrected chi connectivity index (χ1v) is 6.36. The molecule has 1 aromatic carbocycles. The van der Waals surface area contributed by atoms with E-state index in [1.165, 1.54) is 18.2 Å². The highest BCUT2D eigenvalue weighted by Gasteiger charge is 2.17. The Labute approximate surface area is 120 Å². The minimum atomic E-state index is -2.94. The van der Waals surface area contributed by atoms with E-state index in [0.717, 1.165) is 0 Å². The van der Waals surface area contributed by atoms with Gasteiger partial charge in [-0.2, -0.15) is 8.78 Å². The number of aliphatic carboxylic acids is 1. The molecule has 0 aliphatic carbocycles. The van der Waals surface area contributed by atoms with Gasteiger partial charge in [-0.25, -0.2) is 0 Å². The number of hydrogen-bond acceptors (Lipinski definition) is 3. The second kappa shape index (κ2) is 7.40. The van der Waals surface area contributed by atoms with E-state index in [2.05, 4.69) is 4.74 Å². The average molecular weight is 308 g/mol. The molecule has 0 saturated heterocycles. The number of alkyl halides is 2. The SMILES string of the molecule is CC(C)N(CC(=O)O)Cc1cc(Cl)ccc1OC(F)F. The van der Waals surface area contributed by atoms with Gasteiger partial charge in [0.05, 0.1) is 6.54 Å². The Kier molecular flexibility index (Phi) is 6.16. The second-order valence-electron chi connectivity index (χ2n) is 4.52. The highest BCUT2D eigenvalue weighted by molar-refractivity contribution is 6.30. The summed E-state index contributed by atoms with van der Waals surface area (Å²) in [6.45, 7) is 0.662. The maximum atomic E-state index is 12.3. The topological polar surface area (TPSA) is 49.8 Å². The van der Waals surface area contributed by atoms with Crippen molar-refractivity contribution < 1.29 is 23.4 Å². The molecule has 0 saturated carbocycles. The number of halogens is 3. The van der Waals surface area contributed by atoms with E-state index < -0.39 is 12.6 Å². The molecule has 4 nitrogen and oxygen atoms in total. The van der Waals surface area contributed by atoms with Gasteiger partial charge in [0, 0.05) is 23.2 Å². The summed E-state index contributed by atoms with van der Waals surface area (Å²) in [5.74, 6) is -0.988. The zero-order chi connectivity index (χ0) is 15.3. The van der Waals surface area contributed by atoms with Crippen molar-refractivity contribution in [2.45, 2.75) is 33.0 Å². The molecule has 0 amide bonds. The van der Waals surface area contributed by atoms with Crippen LogP contribution < -0.4 is 4.74 Å². The summed E-state index contributed by atoms with van der Waals surface area (Å²) in [5, 5.41) is 9.24. The molecule has 0 aromatic heterocycles. The van der Waals surface area contributed by atoms with E-state index in [1.807, 2.05) is 13.8 Å². The average Bonchev–Trinajstić information content (AvgIpc) is 2.30. The van der Waals surface area contributed by atoms with Gasteiger partial charge in [-0.1, -0.05) is 11.6 Å². The van der Waals surface area contributed by atoms with Crippen molar-refractivity contribution in [3.8, 4) is 5.75 Å². The lowest BCUT2D eigenvalue weighted by Crippen LogP contribution is -2.35. The van der Waals surface area contributed by atoms with Crippen LogP contribution in [-0.2, 0) is 11.3 Å². The first kappa shape index (κ1) is 16.7. The molecule has 0 spiro atoms. The van der Waals surface area contributed by atoms with Crippen LogP contribution in [0.1, 0.15) is 19.4 Å². The maximum absolute atomic E-state index is 12.3. The molecule has 0 unspecified atom stereocenters. The van der Waals surface area contributed by atoms with Gasteiger partial charge < -0.3 is 9.84 Å². The molecule has 0 atom stereocenters. The van der Waals surface area contributed by atoms with Gasteiger partial charge in [-0.15, -0.1) is 0 Å². The highest BCUT2D eigenvalue weighted by Crippen LogP contribution is 2.26. The molecule has 1 aromatic rings. The van der Waals surface area contributed by atoms with Gasteiger partial charge in [-0.3, -0.25) is 9.69 Å². The fourth-order valence-electron chi connectivity index (χ4n) is 1.70. The van der Waals surface area contributed by atoms with Crippen molar-refractivity contribution in [2.75, 3.05) is 6.54 Å². The molecule has 0 radical (unpaired) electrons. The Morgan fingerprint density at radius 1 is 1.45 bits per heavy atom. The van der Waals surface area contributed by atoms with E-state index in [4.69, 9.17) is 16.7 Å².